The van der Waals surface area contributed by atoms with Crippen LogP contribution in [-0.2, 0) is 4.74 Å². The molecule has 3 atom stereocenters. The Morgan fingerprint density at radius 3 is 2.69 bits per heavy atom. The van der Waals surface area contributed by atoms with E-state index in [9.17, 15) is 0 Å². The van der Waals surface area contributed by atoms with E-state index in [4.69, 9.17) is 10.6 Å². The van der Waals surface area contributed by atoms with Crippen LogP contribution in [0.2, 0.25) is 0 Å². The van der Waals surface area contributed by atoms with Crippen LogP contribution in [0.1, 0.15) is 26.7 Å². The van der Waals surface area contributed by atoms with Crippen LogP contribution in [0.15, 0.2) is 4.99 Å². The van der Waals surface area contributed by atoms with Crippen molar-refractivity contribution < 1.29 is 4.74 Å². The maximum absolute atomic E-state index is 5.43. The number of guanidine groups is 1. The summed E-state index contributed by atoms with van der Waals surface area (Å²) in [5.41, 5.74) is 2.61. The molecule has 16 heavy (non-hydrogen) atoms. The number of nitrogens with zero attached hydrogens (tertiary/aromatic N) is 1. The summed E-state index contributed by atoms with van der Waals surface area (Å²) in [5, 5.41) is 3.36. The van der Waals surface area contributed by atoms with Crippen molar-refractivity contribution in [3.63, 3.8) is 0 Å². The smallest absolute Gasteiger partial charge is 0.206 e. The molecule has 3 unspecified atom stereocenters. The van der Waals surface area contributed by atoms with Crippen molar-refractivity contribution in [2.75, 3.05) is 20.3 Å². The first-order valence-electron chi connectivity index (χ1n) is 5.95. The number of rotatable bonds is 4. The Morgan fingerprint density at radius 1 is 1.44 bits per heavy atom. The lowest BCUT2D eigenvalue weighted by molar-refractivity contribution is 0.207. The van der Waals surface area contributed by atoms with Gasteiger partial charge in [0.1, 0.15) is 0 Å². The standard InChI is InChI=1S/C11H24N4O/c1-8-4-5-10(9(8)2)14-11(15-12)13-6-7-16-3/h8-10H,4-7,12H2,1-3H3,(H2,13,14,15). The summed E-state index contributed by atoms with van der Waals surface area (Å²) in [6, 6.07) is 0.479. The Balaban J connectivity index is 2.41. The monoisotopic (exact) mass is 228 g/mol. The quantitative estimate of drug-likeness (QED) is 0.215. The molecule has 0 aromatic carbocycles. The number of methoxy groups -OCH3 is 1. The lowest BCUT2D eigenvalue weighted by Gasteiger charge is -2.21. The van der Waals surface area contributed by atoms with Gasteiger partial charge in [-0.2, -0.15) is 0 Å². The zero-order valence-electron chi connectivity index (χ0n) is 10.5. The van der Waals surface area contributed by atoms with Crippen molar-refractivity contribution >= 4 is 5.96 Å². The molecular formula is C11H24N4O. The summed E-state index contributed by atoms with van der Waals surface area (Å²) in [6.45, 7) is 5.81. The summed E-state index contributed by atoms with van der Waals surface area (Å²) in [6.07, 6.45) is 2.46. The predicted molar refractivity (Wildman–Crippen MR) is 66.0 cm³/mol. The third-order valence-electron chi connectivity index (χ3n) is 3.49. The Kier molecular flexibility index (Phi) is 5.55. The number of aliphatic imine (C=N–C) groups is 1. The van der Waals surface area contributed by atoms with Gasteiger partial charge in [0.05, 0.1) is 13.2 Å². The van der Waals surface area contributed by atoms with Gasteiger partial charge in [0, 0.05) is 13.2 Å². The summed E-state index contributed by atoms with van der Waals surface area (Å²) in [7, 11) is 1.67. The van der Waals surface area contributed by atoms with Crippen LogP contribution in [0.3, 0.4) is 0 Å². The van der Waals surface area contributed by atoms with Crippen LogP contribution in [0, 0.1) is 11.8 Å². The van der Waals surface area contributed by atoms with E-state index in [1.54, 1.807) is 7.11 Å². The van der Waals surface area contributed by atoms with Crippen LogP contribution in [0.5, 0.6) is 0 Å². The Labute approximate surface area is 97.8 Å². The molecular weight excluding hydrogens is 204 g/mol. The molecule has 0 spiro atoms. The second kappa shape index (κ2) is 6.70. The van der Waals surface area contributed by atoms with Gasteiger partial charge in [0.2, 0.25) is 5.96 Å². The molecule has 5 nitrogen and oxygen atoms in total. The van der Waals surface area contributed by atoms with E-state index in [-0.39, 0.29) is 0 Å². The summed E-state index contributed by atoms with van der Waals surface area (Å²) in [4.78, 5) is 4.30. The number of nitrogens with two attached hydrogens (primary N) is 1. The van der Waals surface area contributed by atoms with E-state index in [1.165, 1.54) is 12.8 Å². The van der Waals surface area contributed by atoms with Crippen molar-refractivity contribution in [1.82, 2.24) is 10.7 Å². The summed E-state index contributed by atoms with van der Waals surface area (Å²) in [5.74, 6) is 7.54. The number of hydrazine groups is 1. The molecule has 1 saturated carbocycles. The number of hydrogen-bond donors (Lipinski definition) is 3. The first-order chi connectivity index (χ1) is 7.69. The van der Waals surface area contributed by atoms with Gasteiger partial charge in [0.25, 0.3) is 0 Å². The molecule has 0 radical (unpaired) electrons. The van der Waals surface area contributed by atoms with Gasteiger partial charge in [-0.3, -0.25) is 5.43 Å². The zero-order chi connectivity index (χ0) is 12.0. The number of hydrogen-bond acceptors (Lipinski definition) is 3. The third-order valence-corrected chi connectivity index (χ3v) is 3.49. The largest absolute Gasteiger partial charge is 0.383 e. The second-order valence-corrected chi connectivity index (χ2v) is 4.53. The molecule has 0 aromatic rings. The van der Waals surface area contributed by atoms with Gasteiger partial charge in [-0.05, 0) is 24.7 Å². The van der Waals surface area contributed by atoms with E-state index in [0.717, 1.165) is 5.92 Å². The van der Waals surface area contributed by atoms with Crippen LogP contribution in [-0.4, -0.2) is 32.3 Å². The van der Waals surface area contributed by atoms with Crippen LogP contribution in [0.25, 0.3) is 0 Å². The van der Waals surface area contributed by atoms with Gasteiger partial charge in [0.15, 0.2) is 0 Å². The topological polar surface area (TPSA) is 71.7 Å². The summed E-state index contributed by atoms with van der Waals surface area (Å²) < 4.78 is 4.94. The van der Waals surface area contributed by atoms with Crippen molar-refractivity contribution in [2.45, 2.75) is 32.7 Å². The highest BCUT2D eigenvalue weighted by Gasteiger charge is 2.30. The lowest BCUT2D eigenvalue weighted by atomic mass is 9.98. The van der Waals surface area contributed by atoms with E-state index in [2.05, 4.69) is 29.6 Å². The van der Waals surface area contributed by atoms with E-state index in [1.807, 2.05) is 0 Å². The SMILES string of the molecule is COCCN=C(NN)NC1CCC(C)C1C. The highest BCUT2D eigenvalue weighted by Crippen LogP contribution is 2.30. The fourth-order valence-corrected chi connectivity index (χ4v) is 2.13. The zero-order valence-corrected chi connectivity index (χ0v) is 10.5. The summed E-state index contributed by atoms with van der Waals surface area (Å²) >= 11 is 0. The molecule has 4 N–H and O–H groups in total. The highest BCUT2D eigenvalue weighted by molar-refractivity contribution is 5.79. The minimum Gasteiger partial charge on any atom is -0.383 e. The third kappa shape index (κ3) is 3.64. The van der Waals surface area contributed by atoms with Gasteiger partial charge in [-0.1, -0.05) is 13.8 Å². The molecule has 1 aliphatic carbocycles. The van der Waals surface area contributed by atoms with Crippen LogP contribution < -0.4 is 16.6 Å². The normalized spacial score (nSPS) is 30.5. The average Bonchev–Trinajstić information content (AvgIpc) is 2.59. The van der Waals surface area contributed by atoms with Gasteiger partial charge < -0.3 is 10.1 Å². The van der Waals surface area contributed by atoms with Crippen LogP contribution in [0.4, 0.5) is 0 Å². The molecule has 0 bridgehead atoms. The number of ether oxygens (including phenoxy) is 1. The first kappa shape index (κ1) is 13.3. The number of nitrogens with one attached hydrogen (secondary N) is 2. The minimum absolute atomic E-state index is 0.479. The van der Waals surface area contributed by atoms with Crippen molar-refractivity contribution in [1.29, 1.82) is 0 Å². The molecule has 0 aliphatic heterocycles. The molecule has 0 saturated heterocycles. The maximum atomic E-state index is 5.43. The van der Waals surface area contributed by atoms with E-state index >= 15 is 0 Å². The average molecular weight is 228 g/mol. The minimum atomic E-state index is 0.479. The first-order valence-corrected chi connectivity index (χ1v) is 5.95. The van der Waals surface area contributed by atoms with Crippen molar-refractivity contribution in [2.24, 2.45) is 22.7 Å². The molecule has 1 fully saturated rings. The molecule has 0 amide bonds. The molecule has 94 valence electrons. The highest BCUT2D eigenvalue weighted by atomic mass is 16.5. The fraction of sp³-hybridized carbons (Fsp3) is 0.909. The Hall–Kier alpha value is -0.810. The second-order valence-electron chi connectivity index (χ2n) is 4.53. The fourth-order valence-electron chi connectivity index (χ4n) is 2.13. The molecule has 1 rings (SSSR count). The van der Waals surface area contributed by atoms with E-state index < -0.39 is 0 Å². The Morgan fingerprint density at radius 2 is 2.19 bits per heavy atom. The van der Waals surface area contributed by atoms with Crippen molar-refractivity contribution in [3.05, 3.63) is 0 Å². The van der Waals surface area contributed by atoms with Gasteiger partial charge >= 0.3 is 0 Å². The predicted octanol–water partition coefficient (Wildman–Crippen LogP) is 0.476. The molecule has 0 aromatic heterocycles. The van der Waals surface area contributed by atoms with E-state index in [0.29, 0.717) is 31.1 Å². The molecule has 0 heterocycles. The molecule has 5 heteroatoms. The van der Waals surface area contributed by atoms with Gasteiger partial charge in [-0.15, -0.1) is 0 Å². The van der Waals surface area contributed by atoms with Gasteiger partial charge in [-0.25, -0.2) is 10.8 Å². The molecule has 1 aliphatic rings. The maximum Gasteiger partial charge on any atom is 0.206 e. The Bertz CT molecular complexity index is 232. The van der Waals surface area contributed by atoms with Crippen molar-refractivity contribution in [3.8, 4) is 0 Å². The van der Waals surface area contributed by atoms with Crippen LogP contribution >= 0.6 is 0 Å². The lowest BCUT2D eigenvalue weighted by Crippen LogP contribution is -2.47.